The molecular formula is C10H10F2N2O2. The molecule has 0 radical (unpaired) electrons. The van der Waals surface area contributed by atoms with Crippen LogP contribution >= 0.6 is 0 Å². The topological polar surface area (TPSA) is 46.4 Å². The van der Waals surface area contributed by atoms with E-state index in [1.807, 2.05) is 0 Å². The predicted molar refractivity (Wildman–Crippen MR) is 53.3 cm³/mol. The lowest BCUT2D eigenvalue weighted by Gasteiger charge is -2.38. The van der Waals surface area contributed by atoms with Crippen molar-refractivity contribution in [1.82, 2.24) is 4.90 Å². The van der Waals surface area contributed by atoms with Gasteiger partial charge in [-0.25, -0.2) is 8.78 Å². The van der Waals surface area contributed by atoms with Gasteiger partial charge < -0.3 is 0 Å². The molecule has 0 amide bonds. The van der Waals surface area contributed by atoms with Gasteiger partial charge in [-0.2, -0.15) is 0 Å². The van der Waals surface area contributed by atoms with Crippen LogP contribution in [0.3, 0.4) is 0 Å². The van der Waals surface area contributed by atoms with Crippen molar-refractivity contribution in [2.75, 3.05) is 13.1 Å². The first-order chi connectivity index (χ1) is 7.46. The highest BCUT2D eigenvalue weighted by atomic mass is 19.3. The van der Waals surface area contributed by atoms with Gasteiger partial charge in [-0.15, -0.1) is 0 Å². The van der Waals surface area contributed by atoms with Crippen molar-refractivity contribution in [3.8, 4) is 0 Å². The normalized spacial score (nSPS) is 19.1. The van der Waals surface area contributed by atoms with E-state index >= 15 is 0 Å². The van der Waals surface area contributed by atoms with E-state index in [0.29, 0.717) is 6.54 Å². The number of benzene rings is 1. The van der Waals surface area contributed by atoms with E-state index in [1.54, 1.807) is 17.0 Å². The Morgan fingerprint density at radius 2 is 1.88 bits per heavy atom. The highest BCUT2D eigenvalue weighted by molar-refractivity contribution is 5.32. The fourth-order valence-corrected chi connectivity index (χ4v) is 1.70. The Balaban J connectivity index is 1.94. The molecule has 0 aliphatic carbocycles. The van der Waals surface area contributed by atoms with Crippen molar-refractivity contribution >= 4 is 5.69 Å². The van der Waals surface area contributed by atoms with E-state index < -0.39 is 10.8 Å². The number of alkyl halides is 2. The maximum atomic E-state index is 12.5. The molecule has 2 rings (SSSR count). The summed E-state index contributed by atoms with van der Waals surface area (Å²) in [5, 5.41) is 10.4. The number of hydrogen-bond donors (Lipinski definition) is 0. The molecule has 4 nitrogen and oxygen atoms in total. The number of non-ortho nitro benzene ring substituents is 1. The summed E-state index contributed by atoms with van der Waals surface area (Å²) in [5.74, 6) is -2.57. The van der Waals surface area contributed by atoms with Crippen molar-refractivity contribution in [2.24, 2.45) is 0 Å². The van der Waals surface area contributed by atoms with E-state index in [1.165, 1.54) is 12.1 Å². The van der Waals surface area contributed by atoms with Crippen LogP contribution in [0.15, 0.2) is 24.3 Å². The Labute approximate surface area is 90.6 Å². The van der Waals surface area contributed by atoms with Crippen molar-refractivity contribution in [2.45, 2.75) is 12.5 Å². The number of likely N-dealkylation sites (tertiary alicyclic amines) is 1. The Hall–Kier alpha value is -1.56. The van der Waals surface area contributed by atoms with Gasteiger partial charge >= 0.3 is 0 Å². The molecule has 1 aromatic carbocycles. The highest BCUT2D eigenvalue weighted by Crippen LogP contribution is 2.28. The van der Waals surface area contributed by atoms with Gasteiger partial charge in [0.25, 0.3) is 11.6 Å². The molecule has 1 saturated heterocycles. The fraction of sp³-hybridized carbons (Fsp3) is 0.400. The zero-order valence-corrected chi connectivity index (χ0v) is 8.40. The van der Waals surface area contributed by atoms with Gasteiger partial charge in [0.2, 0.25) is 0 Å². The SMILES string of the molecule is O=[N+]([O-])c1ccc(CN2CC(F)(F)C2)cc1. The van der Waals surface area contributed by atoms with E-state index in [0.717, 1.165) is 5.56 Å². The number of halogens is 2. The maximum Gasteiger partial charge on any atom is 0.272 e. The molecule has 0 bridgehead atoms. The molecule has 0 saturated carbocycles. The smallest absolute Gasteiger partial charge is 0.272 e. The summed E-state index contributed by atoms with van der Waals surface area (Å²) in [6.45, 7) is -0.0540. The van der Waals surface area contributed by atoms with Crippen molar-refractivity contribution in [3.05, 3.63) is 39.9 Å². The number of nitrogens with zero attached hydrogens (tertiary/aromatic N) is 2. The number of nitro benzene ring substituents is 1. The Morgan fingerprint density at radius 3 is 2.31 bits per heavy atom. The van der Waals surface area contributed by atoms with Crippen LogP contribution in [-0.2, 0) is 6.54 Å². The number of rotatable bonds is 3. The average molecular weight is 228 g/mol. The van der Waals surface area contributed by atoms with E-state index in [2.05, 4.69) is 0 Å². The quantitative estimate of drug-likeness (QED) is 0.587. The van der Waals surface area contributed by atoms with Gasteiger partial charge in [-0.3, -0.25) is 15.0 Å². The first-order valence-electron chi connectivity index (χ1n) is 4.80. The van der Waals surface area contributed by atoms with Gasteiger partial charge in [0.05, 0.1) is 18.0 Å². The third kappa shape index (κ3) is 2.33. The van der Waals surface area contributed by atoms with Crippen LogP contribution in [0.2, 0.25) is 0 Å². The molecule has 1 aliphatic heterocycles. The standard InChI is InChI=1S/C10H10F2N2O2/c11-10(12)6-13(7-10)5-8-1-3-9(4-2-8)14(15)16/h1-4H,5-7H2. The van der Waals surface area contributed by atoms with Crippen molar-refractivity contribution < 1.29 is 13.7 Å². The lowest BCUT2D eigenvalue weighted by molar-refractivity contribution is -0.384. The molecule has 0 aromatic heterocycles. The largest absolute Gasteiger partial charge is 0.287 e. The first kappa shape index (κ1) is 10.9. The van der Waals surface area contributed by atoms with Gasteiger partial charge in [0.15, 0.2) is 0 Å². The zero-order valence-electron chi connectivity index (χ0n) is 8.40. The summed E-state index contributed by atoms with van der Waals surface area (Å²) in [5.41, 5.74) is 0.818. The first-order valence-corrected chi connectivity index (χ1v) is 4.80. The highest BCUT2D eigenvalue weighted by Gasteiger charge is 2.43. The van der Waals surface area contributed by atoms with Crippen LogP contribution < -0.4 is 0 Å². The van der Waals surface area contributed by atoms with Crippen LogP contribution in [-0.4, -0.2) is 28.8 Å². The molecular weight excluding hydrogens is 218 g/mol. The Kier molecular flexibility index (Phi) is 2.59. The minimum Gasteiger partial charge on any atom is -0.287 e. The van der Waals surface area contributed by atoms with Gasteiger partial charge in [0, 0.05) is 18.7 Å². The number of hydrogen-bond acceptors (Lipinski definition) is 3. The summed E-state index contributed by atoms with van der Waals surface area (Å²) in [6, 6.07) is 5.95. The van der Waals surface area contributed by atoms with E-state index in [4.69, 9.17) is 0 Å². The monoisotopic (exact) mass is 228 g/mol. The molecule has 0 unspecified atom stereocenters. The second-order valence-electron chi connectivity index (χ2n) is 3.92. The minimum absolute atomic E-state index is 0.0117. The lowest BCUT2D eigenvalue weighted by Crippen LogP contribution is -2.55. The molecule has 1 fully saturated rings. The average Bonchev–Trinajstić information content (AvgIpc) is 2.15. The molecule has 1 aromatic rings. The fourth-order valence-electron chi connectivity index (χ4n) is 1.70. The summed E-state index contributed by atoms with van der Waals surface area (Å²) in [7, 11) is 0. The van der Waals surface area contributed by atoms with Crippen LogP contribution in [0.4, 0.5) is 14.5 Å². The van der Waals surface area contributed by atoms with E-state index in [-0.39, 0.29) is 18.8 Å². The number of nitro groups is 1. The molecule has 1 heterocycles. The summed E-state index contributed by atoms with van der Waals surface area (Å²) in [4.78, 5) is 11.5. The van der Waals surface area contributed by atoms with E-state index in [9.17, 15) is 18.9 Å². The molecule has 0 N–H and O–H groups in total. The van der Waals surface area contributed by atoms with Crippen LogP contribution in [0, 0.1) is 10.1 Å². The Bertz CT molecular complexity index is 398. The third-order valence-corrected chi connectivity index (χ3v) is 2.46. The maximum absolute atomic E-state index is 12.5. The van der Waals surface area contributed by atoms with Gasteiger partial charge in [-0.05, 0) is 5.56 Å². The molecule has 0 atom stereocenters. The predicted octanol–water partition coefficient (Wildman–Crippen LogP) is 2.05. The molecule has 86 valence electrons. The lowest BCUT2D eigenvalue weighted by atomic mass is 10.1. The third-order valence-electron chi connectivity index (χ3n) is 2.46. The van der Waals surface area contributed by atoms with Gasteiger partial charge in [0.1, 0.15) is 0 Å². The minimum atomic E-state index is -2.57. The van der Waals surface area contributed by atoms with Gasteiger partial charge in [-0.1, -0.05) is 12.1 Å². The molecule has 1 aliphatic rings. The summed E-state index contributed by atoms with van der Waals surface area (Å²) in [6.07, 6.45) is 0. The van der Waals surface area contributed by atoms with Crippen molar-refractivity contribution in [3.63, 3.8) is 0 Å². The summed E-state index contributed by atoms with van der Waals surface area (Å²) >= 11 is 0. The summed E-state index contributed by atoms with van der Waals surface area (Å²) < 4.78 is 25.1. The second-order valence-corrected chi connectivity index (χ2v) is 3.92. The van der Waals surface area contributed by atoms with Crippen molar-refractivity contribution in [1.29, 1.82) is 0 Å². The molecule has 6 heteroatoms. The van der Waals surface area contributed by atoms with Crippen LogP contribution in [0.5, 0.6) is 0 Å². The van der Waals surface area contributed by atoms with Crippen LogP contribution in [0.25, 0.3) is 0 Å². The second kappa shape index (κ2) is 3.79. The molecule has 0 spiro atoms. The zero-order chi connectivity index (χ0) is 11.8. The molecule has 16 heavy (non-hydrogen) atoms. The Morgan fingerprint density at radius 1 is 1.31 bits per heavy atom. The van der Waals surface area contributed by atoms with Crippen LogP contribution in [0.1, 0.15) is 5.56 Å².